The molecule has 0 atom stereocenters. The normalized spacial score (nSPS) is 10.9. The number of amides is 2. The first-order valence-electron chi connectivity index (χ1n) is 10.9. The van der Waals surface area contributed by atoms with Crippen LogP contribution >= 0.6 is 0 Å². The van der Waals surface area contributed by atoms with Crippen LogP contribution in [0.25, 0.3) is 0 Å². The highest BCUT2D eigenvalue weighted by Gasteiger charge is 2.20. The van der Waals surface area contributed by atoms with E-state index in [1.807, 2.05) is 41.3 Å². The van der Waals surface area contributed by atoms with Crippen LogP contribution in [-0.4, -0.2) is 31.1 Å². The molecule has 0 heterocycles. The van der Waals surface area contributed by atoms with Gasteiger partial charge in [0, 0.05) is 24.7 Å². The highest BCUT2D eigenvalue weighted by molar-refractivity contribution is 5.89. The molecule has 0 aliphatic rings. The fraction of sp³-hybridized carbons (Fsp3) is 0.296. The van der Waals surface area contributed by atoms with E-state index in [9.17, 15) is 4.79 Å². The Bertz CT molecular complexity index is 885. The third-order valence-corrected chi connectivity index (χ3v) is 5.31. The second kappa shape index (κ2) is 11.2. The van der Waals surface area contributed by atoms with Gasteiger partial charge in [-0.2, -0.15) is 0 Å². The molecule has 1 N–H and O–H groups in total. The van der Waals surface area contributed by atoms with E-state index in [0.29, 0.717) is 19.0 Å². The molecule has 0 saturated carbocycles. The number of methoxy groups -OCH3 is 1. The molecule has 0 aromatic heterocycles. The monoisotopic (exact) mass is 416 g/mol. The maximum Gasteiger partial charge on any atom is 0.321 e. The molecule has 0 unspecified atom stereocenters. The average molecular weight is 417 g/mol. The number of anilines is 1. The molecule has 3 rings (SSSR count). The summed E-state index contributed by atoms with van der Waals surface area (Å²) >= 11 is 0. The number of nitrogens with one attached hydrogen (secondary N) is 1. The van der Waals surface area contributed by atoms with E-state index < -0.39 is 0 Å². The molecule has 0 bridgehead atoms. The lowest BCUT2D eigenvalue weighted by Crippen LogP contribution is -2.38. The molecule has 4 heteroatoms. The first kappa shape index (κ1) is 22.4. The lowest BCUT2D eigenvalue weighted by Gasteiger charge is -2.27. The largest absolute Gasteiger partial charge is 0.497 e. The van der Waals surface area contributed by atoms with Gasteiger partial charge in [-0.25, -0.2) is 4.79 Å². The fourth-order valence-electron chi connectivity index (χ4n) is 3.77. The molecule has 162 valence electrons. The van der Waals surface area contributed by atoms with Gasteiger partial charge in [-0.1, -0.05) is 74.5 Å². The standard InChI is InChI=1S/C27H32N2O2/c1-21(2)20-29(27(30)28-24-14-16-25(31-3)17-15-24)19-18-26(22-10-6-4-7-11-22)23-12-8-5-9-13-23/h4-17,21,26H,18-20H2,1-3H3,(H,28,30). The Morgan fingerprint density at radius 2 is 1.42 bits per heavy atom. The molecular formula is C27H32N2O2. The Balaban J connectivity index is 1.74. The second-order valence-corrected chi connectivity index (χ2v) is 8.16. The summed E-state index contributed by atoms with van der Waals surface area (Å²) < 4.78 is 5.20. The number of nitrogens with zero attached hydrogens (tertiary/aromatic N) is 1. The van der Waals surface area contributed by atoms with Crippen molar-refractivity contribution in [3.63, 3.8) is 0 Å². The van der Waals surface area contributed by atoms with Gasteiger partial charge in [0.05, 0.1) is 7.11 Å². The number of ether oxygens (including phenoxy) is 1. The van der Waals surface area contributed by atoms with Crippen LogP contribution in [0.2, 0.25) is 0 Å². The zero-order valence-electron chi connectivity index (χ0n) is 18.6. The smallest absolute Gasteiger partial charge is 0.321 e. The number of urea groups is 1. The van der Waals surface area contributed by atoms with E-state index in [0.717, 1.165) is 17.9 Å². The number of rotatable bonds is 9. The summed E-state index contributed by atoms with van der Waals surface area (Å²) in [5.41, 5.74) is 3.31. The lowest BCUT2D eigenvalue weighted by molar-refractivity contribution is 0.203. The van der Waals surface area contributed by atoms with Crippen LogP contribution in [0.5, 0.6) is 5.75 Å². The number of carbonyl (C=O) groups excluding carboxylic acids is 1. The van der Waals surface area contributed by atoms with Crippen molar-refractivity contribution < 1.29 is 9.53 Å². The van der Waals surface area contributed by atoms with Gasteiger partial charge in [-0.3, -0.25) is 0 Å². The van der Waals surface area contributed by atoms with E-state index >= 15 is 0 Å². The number of hydrogen-bond acceptors (Lipinski definition) is 2. The van der Waals surface area contributed by atoms with Crippen LogP contribution < -0.4 is 10.1 Å². The Labute approximate surface area is 185 Å². The van der Waals surface area contributed by atoms with Gasteiger partial charge in [0.25, 0.3) is 0 Å². The zero-order valence-corrected chi connectivity index (χ0v) is 18.6. The van der Waals surface area contributed by atoms with Crippen molar-refractivity contribution in [1.29, 1.82) is 0 Å². The zero-order chi connectivity index (χ0) is 22.1. The maximum absolute atomic E-state index is 13.1. The summed E-state index contributed by atoms with van der Waals surface area (Å²) in [7, 11) is 1.63. The van der Waals surface area contributed by atoms with Crippen molar-refractivity contribution in [3.05, 3.63) is 96.1 Å². The van der Waals surface area contributed by atoms with Gasteiger partial charge >= 0.3 is 6.03 Å². The summed E-state index contributed by atoms with van der Waals surface area (Å²) in [4.78, 5) is 15.0. The molecule has 31 heavy (non-hydrogen) atoms. The van der Waals surface area contributed by atoms with E-state index in [-0.39, 0.29) is 11.9 Å². The summed E-state index contributed by atoms with van der Waals surface area (Å²) in [5.74, 6) is 1.39. The minimum absolute atomic E-state index is 0.0706. The Morgan fingerprint density at radius 3 is 1.90 bits per heavy atom. The SMILES string of the molecule is COc1ccc(NC(=O)N(CCC(c2ccccc2)c2ccccc2)CC(C)C)cc1. The van der Waals surface area contributed by atoms with E-state index in [1.54, 1.807) is 7.11 Å². The predicted molar refractivity (Wildman–Crippen MR) is 128 cm³/mol. The fourth-order valence-corrected chi connectivity index (χ4v) is 3.77. The first-order chi connectivity index (χ1) is 15.1. The van der Waals surface area contributed by atoms with Crippen molar-refractivity contribution in [2.24, 2.45) is 5.92 Å². The summed E-state index contributed by atoms with van der Waals surface area (Å²) in [6.07, 6.45) is 0.858. The van der Waals surface area contributed by atoms with Crippen LogP contribution in [0.15, 0.2) is 84.9 Å². The molecular weight excluding hydrogens is 384 g/mol. The topological polar surface area (TPSA) is 41.6 Å². The summed E-state index contributed by atoms with van der Waals surface area (Å²) in [6, 6.07) is 28.4. The van der Waals surface area contributed by atoms with Crippen LogP contribution in [0.3, 0.4) is 0 Å². The third kappa shape index (κ3) is 6.61. The minimum Gasteiger partial charge on any atom is -0.497 e. The molecule has 0 saturated heterocycles. The second-order valence-electron chi connectivity index (χ2n) is 8.16. The molecule has 0 aliphatic heterocycles. The van der Waals surface area contributed by atoms with Gasteiger partial charge in [0.2, 0.25) is 0 Å². The Morgan fingerprint density at radius 1 is 0.871 bits per heavy atom. The average Bonchev–Trinajstić information content (AvgIpc) is 2.80. The van der Waals surface area contributed by atoms with Crippen LogP contribution in [0.1, 0.15) is 37.3 Å². The van der Waals surface area contributed by atoms with Crippen molar-refractivity contribution in [2.45, 2.75) is 26.2 Å². The summed E-state index contributed by atoms with van der Waals surface area (Å²) in [6.45, 7) is 5.66. The van der Waals surface area contributed by atoms with Crippen LogP contribution in [-0.2, 0) is 0 Å². The van der Waals surface area contributed by atoms with Crippen LogP contribution in [0.4, 0.5) is 10.5 Å². The van der Waals surface area contributed by atoms with Crippen molar-refractivity contribution >= 4 is 11.7 Å². The van der Waals surface area contributed by atoms with Gasteiger partial charge in [-0.15, -0.1) is 0 Å². The Kier molecular flexibility index (Phi) is 8.11. The summed E-state index contributed by atoms with van der Waals surface area (Å²) in [5, 5.41) is 3.03. The minimum atomic E-state index is -0.0706. The number of hydrogen-bond donors (Lipinski definition) is 1. The molecule has 3 aromatic carbocycles. The number of carbonyl (C=O) groups is 1. The lowest BCUT2D eigenvalue weighted by atomic mass is 9.88. The molecule has 0 radical (unpaired) electrons. The quantitative estimate of drug-likeness (QED) is 0.438. The molecule has 2 amide bonds. The van der Waals surface area contributed by atoms with Gasteiger partial charge in [-0.05, 0) is 47.7 Å². The van der Waals surface area contributed by atoms with Crippen LogP contribution in [0, 0.1) is 5.92 Å². The number of benzene rings is 3. The maximum atomic E-state index is 13.1. The first-order valence-corrected chi connectivity index (χ1v) is 10.9. The highest BCUT2D eigenvalue weighted by atomic mass is 16.5. The highest BCUT2D eigenvalue weighted by Crippen LogP contribution is 2.28. The van der Waals surface area contributed by atoms with Crippen molar-refractivity contribution in [1.82, 2.24) is 4.90 Å². The van der Waals surface area contributed by atoms with E-state index in [4.69, 9.17) is 4.74 Å². The van der Waals surface area contributed by atoms with E-state index in [1.165, 1.54) is 11.1 Å². The van der Waals surface area contributed by atoms with Gasteiger partial charge < -0.3 is 15.0 Å². The molecule has 0 fully saturated rings. The van der Waals surface area contributed by atoms with Gasteiger partial charge in [0.15, 0.2) is 0 Å². The third-order valence-electron chi connectivity index (χ3n) is 5.31. The van der Waals surface area contributed by atoms with Crippen molar-refractivity contribution in [2.75, 3.05) is 25.5 Å². The van der Waals surface area contributed by atoms with E-state index in [2.05, 4.69) is 67.7 Å². The molecule has 0 aliphatic carbocycles. The predicted octanol–water partition coefficient (Wildman–Crippen LogP) is 6.41. The van der Waals surface area contributed by atoms with Gasteiger partial charge in [0.1, 0.15) is 5.75 Å². The molecule has 3 aromatic rings. The van der Waals surface area contributed by atoms with Crippen molar-refractivity contribution in [3.8, 4) is 5.75 Å². The molecule has 0 spiro atoms. The Hall–Kier alpha value is -3.27. The molecule has 4 nitrogen and oxygen atoms in total.